The molecule has 0 fully saturated rings. The predicted molar refractivity (Wildman–Crippen MR) is 43.0 cm³/mol. The highest BCUT2D eigenvalue weighted by atomic mass is 19.3. The van der Waals surface area contributed by atoms with Gasteiger partial charge in [0, 0.05) is 6.07 Å². The molecular formula is C8H6F2N2O2. The molecule has 0 atom stereocenters. The van der Waals surface area contributed by atoms with Gasteiger partial charge in [-0.3, -0.25) is 4.79 Å². The van der Waals surface area contributed by atoms with Gasteiger partial charge in [-0.1, -0.05) is 0 Å². The number of nitriles is 1. The minimum atomic E-state index is -2.83. The molecule has 6 heteroatoms. The van der Waals surface area contributed by atoms with Gasteiger partial charge in [0.25, 0.3) is 6.43 Å². The number of aromatic nitrogens is 1. The number of aromatic hydroxyl groups is 1. The van der Waals surface area contributed by atoms with E-state index in [2.05, 4.69) is 4.98 Å². The molecule has 1 aromatic heterocycles. The average Bonchev–Trinajstić information content (AvgIpc) is 2.12. The van der Waals surface area contributed by atoms with E-state index in [1.807, 2.05) is 0 Å². The minimum Gasteiger partial charge on any atom is -0.503 e. The normalized spacial score (nSPS) is 10.1. The lowest BCUT2D eigenvalue weighted by Gasteiger charge is -2.04. The third kappa shape index (κ3) is 1.88. The lowest BCUT2D eigenvalue weighted by atomic mass is 10.2. The first-order valence-corrected chi connectivity index (χ1v) is 3.66. The molecule has 14 heavy (non-hydrogen) atoms. The fraction of sp³-hybridized carbons (Fsp3) is 0.250. The summed E-state index contributed by atoms with van der Waals surface area (Å²) >= 11 is 0. The zero-order chi connectivity index (χ0) is 10.7. The van der Waals surface area contributed by atoms with Crippen molar-refractivity contribution in [1.29, 1.82) is 5.26 Å². The molecule has 1 heterocycles. The predicted octanol–water partition coefficient (Wildman–Crippen LogP) is 1.08. The zero-order valence-electron chi connectivity index (χ0n) is 6.92. The number of H-pyrrole nitrogens is 1. The smallest absolute Gasteiger partial charge is 0.278 e. The monoisotopic (exact) mass is 200 g/mol. The van der Waals surface area contributed by atoms with Crippen LogP contribution < -0.4 is 5.43 Å². The number of aromatic amines is 1. The lowest BCUT2D eigenvalue weighted by Crippen LogP contribution is -2.08. The fourth-order valence-electron chi connectivity index (χ4n) is 0.952. The third-order valence-electron chi connectivity index (χ3n) is 1.59. The molecule has 0 spiro atoms. The first-order chi connectivity index (χ1) is 6.56. The van der Waals surface area contributed by atoms with E-state index >= 15 is 0 Å². The van der Waals surface area contributed by atoms with Crippen LogP contribution in [-0.2, 0) is 6.42 Å². The highest BCUT2D eigenvalue weighted by molar-refractivity contribution is 5.30. The van der Waals surface area contributed by atoms with Crippen LogP contribution in [0.4, 0.5) is 8.78 Å². The van der Waals surface area contributed by atoms with E-state index < -0.39 is 23.3 Å². The highest BCUT2D eigenvalue weighted by Crippen LogP contribution is 2.18. The second-order valence-electron chi connectivity index (χ2n) is 2.55. The summed E-state index contributed by atoms with van der Waals surface area (Å²) in [6, 6.07) is 2.26. The molecule has 1 aromatic rings. The first kappa shape index (κ1) is 10.2. The Morgan fingerprint density at radius 2 is 2.29 bits per heavy atom. The summed E-state index contributed by atoms with van der Waals surface area (Å²) < 4.78 is 24.3. The van der Waals surface area contributed by atoms with E-state index in [-0.39, 0.29) is 12.1 Å². The molecule has 0 unspecified atom stereocenters. The highest BCUT2D eigenvalue weighted by Gasteiger charge is 2.13. The summed E-state index contributed by atoms with van der Waals surface area (Å²) in [6.07, 6.45) is -3.15. The molecule has 0 saturated carbocycles. The molecule has 0 aliphatic rings. The Bertz CT molecular complexity index is 434. The fourth-order valence-corrected chi connectivity index (χ4v) is 0.952. The topological polar surface area (TPSA) is 76.9 Å². The van der Waals surface area contributed by atoms with Crippen LogP contribution in [0.3, 0.4) is 0 Å². The van der Waals surface area contributed by atoms with Gasteiger partial charge in [0.2, 0.25) is 5.43 Å². The van der Waals surface area contributed by atoms with Gasteiger partial charge in [-0.15, -0.1) is 0 Å². The summed E-state index contributed by atoms with van der Waals surface area (Å²) in [6.45, 7) is 0. The van der Waals surface area contributed by atoms with E-state index in [9.17, 15) is 13.6 Å². The molecule has 2 N–H and O–H groups in total. The van der Waals surface area contributed by atoms with Crippen molar-refractivity contribution >= 4 is 0 Å². The molecule has 74 valence electrons. The SMILES string of the molecule is N#CCc1[nH]c(C(F)F)cc(=O)c1O. The third-order valence-corrected chi connectivity index (χ3v) is 1.59. The van der Waals surface area contributed by atoms with Crippen molar-refractivity contribution in [1.82, 2.24) is 4.98 Å². The average molecular weight is 200 g/mol. The molecule has 0 bridgehead atoms. The van der Waals surface area contributed by atoms with Crippen molar-refractivity contribution in [2.75, 3.05) is 0 Å². The lowest BCUT2D eigenvalue weighted by molar-refractivity contribution is 0.145. The van der Waals surface area contributed by atoms with Gasteiger partial charge in [-0.2, -0.15) is 5.26 Å². The molecule has 4 nitrogen and oxygen atoms in total. The van der Waals surface area contributed by atoms with Gasteiger partial charge in [0.05, 0.1) is 23.9 Å². The maximum atomic E-state index is 12.2. The van der Waals surface area contributed by atoms with Gasteiger partial charge in [-0.05, 0) is 0 Å². The van der Waals surface area contributed by atoms with Crippen LogP contribution in [0.1, 0.15) is 17.8 Å². The largest absolute Gasteiger partial charge is 0.503 e. The van der Waals surface area contributed by atoms with Crippen LogP contribution >= 0.6 is 0 Å². The van der Waals surface area contributed by atoms with Crippen molar-refractivity contribution in [2.24, 2.45) is 0 Å². The zero-order valence-corrected chi connectivity index (χ0v) is 6.92. The van der Waals surface area contributed by atoms with E-state index in [0.717, 1.165) is 0 Å². The summed E-state index contributed by atoms with van der Waals surface area (Å²) in [4.78, 5) is 13.1. The van der Waals surface area contributed by atoms with Crippen LogP contribution in [0.5, 0.6) is 5.75 Å². The molecule has 0 aromatic carbocycles. The Hall–Kier alpha value is -1.90. The van der Waals surface area contributed by atoms with E-state index in [4.69, 9.17) is 10.4 Å². The molecule has 0 saturated heterocycles. The number of hydrogen-bond donors (Lipinski definition) is 2. The van der Waals surface area contributed by atoms with Crippen LogP contribution in [0.2, 0.25) is 0 Å². The minimum absolute atomic E-state index is 0.185. The van der Waals surface area contributed by atoms with Crippen molar-refractivity contribution in [2.45, 2.75) is 12.8 Å². The van der Waals surface area contributed by atoms with E-state index in [1.54, 1.807) is 6.07 Å². The Kier molecular flexibility index (Phi) is 2.82. The number of pyridine rings is 1. The maximum Gasteiger partial charge on any atom is 0.278 e. The number of rotatable bonds is 2. The van der Waals surface area contributed by atoms with Crippen LogP contribution in [0.25, 0.3) is 0 Å². The number of halogens is 2. The van der Waals surface area contributed by atoms with Gasteiger partial charge in [0.15, 0.2) is 5.75 Å². The summed E-state index contributed by atoms with van der Waals surface area (Å²) in [5.74, 6) is -0.684. The van der Waals surface area contributed by atoms with Crippen LogP contribution in [0.15, 0.2) is 10.9 Å². The van der Waals surface area contributed by atoms with Gasteiger partial charge in [0.1, 0.15) is 0 Å². The van der Waals surface area contributed by atoms with Gasteiger partial charge in [-0.25, -0.2) is 8.78 Å². The molecule has 0 aliphatic carbocycles. The summed E-state index contributed by atoms with van der Waals surface area (Å²) in [5, 5.41) is 17.4. The van der Waals surface area contributed by atoms with Crippen molar-refractivity contribution in [3.63, 3.8) is 0 Å². The molecule has 0 aliphatic heterocycles. The Morgan fingerprint density at radius 1 is 1.64 bits per heavy atom. The van der Waals surface area contributed by atoms with Gasteiger partial charge < -0.3 is 10.1 Å². The van der Waals surface area contributed by atoms with Crippen LogP contribution in [-0.4, -0.2) is 10.1 Å². The first-order valence-electron chi connectivity index (χ1n) is 3.66. The van der Waals surface area contributed by atoms with Crippen molar-refractivity contribution in [3.8, 4) is 11.8 Å². The second-order valence-corrected chi connectivity index (χ2v) is 2.55. The standard InChI is InChI=1S/C8H6F2N2O2/c9-8(10)5-3-6(13)7(14)4(12-5)1-2-11/h3,8,14H,1H2,(H,12,13). The second kappa shape index (κ2) is 3.87. The Balaban J connectivity index is 3.30. The number of alkyl halides is 2. The van der Waals surface area contributed by atoms with E-state index in [1.165, 1.54) is 0 Å². The Labute approximate surface area is 77.4 Å². The summed E-state index contributed by atoms with van der Waals surface area (Å²) in [5.41, 5.74) is -1.70. The number of hydrogen-bond acceptors (Lipinski definition) is 3. The number of nitrogens with one attached hydrogen (secondary N) is 1. The quantitative estimate of drug-likeness (QED) is 0.749. The van der Waals surface area contributed by atoms with Crippen molar-refractivity contribution < 1.29 is 13.9 Å². The van der Waals surface area contributed by atoms with Crippen molar-refractivity contribution in [3.05, 3.63) is 27.7 Å². The molecule has 0 amide bonds. The summed E-state index contributed by atoms with van der Waals surface area (Å²) in [7, 11) is 0. The Morgan fingerprint density at radius 3 is 2.79 bits per heavy atom. The van der Waals surface area contributed by atoms with Crippen LogP contribution in [0, 0.1) is 11.3 Å². The number of nitrogens with zero attached hydrogens (tertiary/aromatic N) is 1. The van der Waals surface area contributed by atoms with E-state index in [0.29, 0.717) is 6.07 Å². The molecule has 0 radical (unpaired) electrons. The maximum absolute atomic E-state index is 12.2. The molecule has 1 rings (SSSR count). The molecular weight excluding hydrogens is 194 g/mol. The van der Waals surface area contributed by atoms with Gasteiger partial charge >= 0.3 is 0 Å².